The zero-order valence-corrected chi connectivity index (χ0v) is 10.4. The second kappa shape index (κ2) is 5.49. The third kappa shape index (κ3) is 2.97. The molecule has 96 valence electrons. The molecule has 0 aromatic heterocycles. The highest BCUT2D eigenvalue weighted by atomic mass is 16.2. The fourth-order valence-corrected chi connectivity index (χ4v) is 2.61. The number of nitrogens with zero attached hydrogens (tertiary/aromatic N) is 1. The van der Waals surface area contributed by atoms with Gasteiger partial charge in [0, 0.05) is 19.5 Å². The van der Waals surface area contributed by atoms with Crippen LogP contribution in [0, 0.1) is 0 Å². The van der Waals surface area contributed by atoms with Gasteiger partial charge in [-0.25, -0.2) is 0 Å². The molecule has 0 spiro atoms. The monoisotopic (exact) mass is 239 g/mol. The van der Waals surface area contributed by atoms with Crippen LogP contribution in [0.3, 0.4) is 0 Å². The van der Waals surface area contributed by atoms with Gasteiger partial charge in [0.15, 0.2) is 0 Å². The summed E-state index contributed by atoms with van der Waals surface area (Å²) in [4.78, 5) is 25.1. The normalized spacial score (nSPS) is 29.6. The van der Waals surface area contributed by atoms with Gasteiger partial charge in [0.2, 0.25) is 11.8 Å². The summed E-state index contributed by atoms with van der Waals surface area (Å²) in [7, 11) is 1.86. The molecule has 0 aliphatic carbocycles. The van der Waals surface area contributed by atoms with Crippen LogP contribution in [0.4, 0.5) is 0 Å². The molecule has 2 rings (SSSR count). The quantitative estimate of drug-likeness (QED) is 0.705. The van der Waals surface area contributed by atoms with Gasteiger partial charge in [-0.1, -0.05) is 0 Å². The summed E-state index contributed by atoms with van der Waals surface area (Å²) < 4.78 is 0. The Balaban J connectivity index is 1.91. The smallest absolute Gasteiger partial charge is 0.245 e. The molecule has 2 aliphatic rings. The summed E-state index contributed by atoms with van der Waals surface area (Å²) in [5.74, 6) is 0.0713. The first kappa shape index (κ1) is 12.4. The zero-order chi connectivity index (χ0) is 12.3. The van der Waals surface area contributed by atoms with Gasteiger partial charge < -0.3 is 15.5 Å². The van der Waals surface area contributed by atoms with E-state index in [1.807, 2.05) is 11.9 Å². The second-order valence-corrected chi connectivity index (χ2v) is 4.94. The molecule has 2 heterocycles. The number of carbonyl (C=O) groups excluding carboxylic acids is 2. The van der Waals surface area contributed by atoms with Crippen molar-refractivity contribution in [3.63, 3.8) is 0 Å². The molecule has 0 saturated carbocycles. The van der Waals surface area contributed by atoms with Gasteiger partial charge in [-0.05, 0) is 38.8 Å². The largest absolute Gasteiger partial charge is 0.344 e. The van der Waals surface area contributed by atoms with Crippen LogP contribution in [-0.4, -0.2) is 48.9 Å². The van der Waals surface area contributed by atoms with Crippen molar-refractivity contribution in [1.82, 2.24) is 15.5 Å². The van der Waals surface area contributed by atoms with Gasteiger partial charge in [0.05, 0.1) is 0 Å². The van der Waals surface area contributed by atoms with Crippen molar-refractivity contribution < 1.29 is 9.59 Å². The Morgan fingerprint density at radius 2 is 2.12 bits per heavy atom. The van der Waals surface area contributed by atoms with Crippen LogP contribution < -0.4 is 10.6 Å². The topological polar surface area (TPSA) is 61.4 Å². The number of hydrogen-bond donors (Lipinski definition) is 2. The van der Waals surface area contributed by atoms with E-state index >= 15 is 0 Å². The Kier molecular flexibility index (Phi) is 3.99. The fourth-order valence-electron chi connectivity index (χ4n) is 2.61. The molecule has 2 atom stereocenters. The average molecular weight is 239 g/mol. The van der Waals surface area contributed by atoms with Gasteiger partial charge in [-0.3, -0.25) is 9.59 Å². The van der Waals surface area contributed by atoms with Crippen molar-refractivity contribution in [2.75, 3.05) is 20.1 Å². The SMILES string of the molecule is CN(C(=O)C1CCC(=O)N1)C1CCCNCC1. The van der Waals surface area contributed by atoms with Crippen molar-refractivity contribution in [2.45, 2.75) is 44.2 Å². The highest BCUT2D eigenvalue weighted by Crippen LogP contribution is 2.16. The Hall–Kier alpha value is -1.10. The Morgan fingerprint density at radius 3 is 2.82 bits per heavy atom. The standard InChI is InChI=1S/C12H21N3O2/c1-15(9-3-2-7-13-8-6-9)12(17)10-4-5-11(16)14-10/h9-10,13H,2-8H2,1H3,(H,14,16). The average Bonchev–Trinajstić information content (AvgIpc) is 2.60. The minimum absolute atomic E-state index is 0.000664. The van der Waals surface area contributed by atoms with Crippen LogP contribution in [0.2, 0.25) is 0 Å². The molecule has 17 heavy (non-hydrogen) atoms. The van der Waals surface area contributed by atoms with Gasteiger partial charge in [-0.2, -0.15) is 0 Å². The minimum atomic E-state index is -0.288. The van der Waals surface area contributed by atoms with E-state index in [0.717, 1.165) is 32.4 Å². The van der Waals surface area contributed by atoms with Gasteiger partial charge in [-0.15, -0.1) is 0 Å². The third-order valence-electron chi connectivity index (χ3n) is 3.73. The zero-order valence-electron chi connectivity index (χ0n) is 10.4. The molecule has 2 aliphatic heterocycles. The van der Waals surface area contributed by atoms with E-state index in [0.29, 0.717) is 18.9 Å². The molecule has 0 aromatic rings. The van der Waals surface area contributed by atoms with Crippen LogP contribution in [0.25, 0.3) is 0 Å². The van der Waals surface area contributed by atoms with Crippen molar-refractivity contribution in [3.8, 4) is 0 Å². The lowest BCUT2D eigenvalue weighted by molar-refractivity contribution is -0.135. The highest BCUT2D eigenvalue weighted by molar-refractivity contribution is 5.90. The maximum atomic E-state index is 12.2. The summed E-state index contributed by atoms with van der Waals surface area (Å²) >= 11 is 0. The summed E-state index contributed by atoms with van der Waals surface area (Å²) in [6, 6.07) is 0.0266. The molecule has 5 heteroatoms. The Morgan fingerprint density at radius 1 is 1.29 bits per heavy atom. The van der Waals surface area contributed by atoms with E-state index in [2.05, 4.69) is 10.6 Å². The van der Waals surface area contributed by atoms with Crippen LogP contribution in [0.15, 0.2) is 0 Å². The third-order valence-corrected chi connectivity index (χ3v) is 3.73. The van der Waals surface area contributed by atoms with Crippen LogP contribution in [0.5, 0.6) is 0 Å². The van der Waals surface area contributed by atoms with Crippen molar-refractivity contribution >= 4 is 11.8 Å². The maximum Gasteiger partial charge on any atom is 0.245 e. The van der Waals surface area contributed by atoms with E-state index in [1.54, 1.807) is 0 Å². The highest BCUT2D eigenvalue weighted by Gasteiger charge is 2.32. The Labute approximate surface area is 102 Å². The predicted molar refractivity (Wildman–Crippen MR) is 64.4 cm³/mol. The maximum absolute atomic E-state index is 12.2. The van der Waals surface area contributed by atoms with Gasteiger partial charge in [0.1, 0.15) is 6.04 Å². The molecule has 2 amide bonds. The molecule has 2 N–H and O–H groups in total. The second-order valence-electron chi connectivity index (χ2n) is 4.94. The van der Waals surface area contributed by atoms with Crippen LogP contribution >= 0.6 is 0 Å². The number of hydrogen-bond acceptors (Lipinski definition) is 3. The van der Waals surface area contributed by atoms with E-state index < -0.39 is 0 Å². The minimum Gasteiger partial charge on any atom is -0.344 e. The number of nitrogens with one attached hydrogen (secondary N) is 2. The first-order chi connectivity index (χ1) is 8.18. The molecular weight excluding hydrogens is 218 g/mol. The number of likely N-dealkylation sites (N-methyl/N-ethyl adjacent to an activating group) is 1. The van der Waals surface area contributed by atoms with E-state index in [9.17, 15) is 9.59 Å². The Bertz CT molecular complexity index is 298. The first-order valence-electron chi connectivity index (χ1n) is 6.45. The molecule has 0 radical (unpaired) electrons. The summed E-state index contributed by atoms with van der Waals surface area (Å²) in [6.45, 7) is 2.01. The lowest BCUT2D eigenvalue weighted by atomic mass is 10.1. The molecule has 2 unspecified atom stereocenters. The molecule has 2 saturated heterocycles. The van der Waals surface area contributed by atoms with Crippen molar-refractivity contribution in [3.05, 3.63) is 0 Å². The fraction of sp³-hybridized carbons (Fsp3) is 0.833. The molecule has 2 fully saturated rings. The van der Waals surface area contributed by atoms with E-state index in [4.69, 9.17) is 0 Å². The van der Waals surface area contributed by atoms with E-state index in [-0.39, 0.29) is 17.9 Å². The summed E-state index contributed by atoms with van der Waals surface area (Å²) in [5.41, 5.74) is 0. The number of rotatable bonds is 2. The van der Waals surface area contributed by atoms with Crippen molar-refractivity contribution in [2.24, 2.45) is 0 Å². The van der Waals surface area contributed by atoms with Crippen molar-refractivity contribution in [1.29, 1.82) is 0 Å². The predicted octanol–water partition coefficient (Wildman–Crippen LogP) is -0.134. The number of carbonyl (C=O) groups is 2. The van der Waals surface area contributed by atoms with Gasteiger partial charge >= 0.3 is 0 Å². The van der Waals surface area contributed by atoms with Crippen LogP contribution in [-0.2, 0) is 9.59 Å². The summed E-state index contributed by atoms with van der Waals surface area (Å²) in [5, 5.41) is 6.08. The molecule has 0 aromatic carbocycles. The lowest BCUT2D eigenvalue weighted by Crippen LogP contribution is -2.47. The van der Waals surface area contributed by atoms with Crippen LogP contribution in [0.1, 0.15) is 32.1 Å². The molecular formula is C12H21N3O2. The molecule has 5 nitrogen and oxygen atoms in total. The first-order valence-corrected chi connectivity index (χ1v) is 6.45. The van der Waals surface area contributed by atoms with Gasteiger partial charge in [0.25, 0.3) is 0 Å². The summed E-state index contributed by atoms with van der Waals surface area (Å²) in [6.07, 6.45) is 4.29. The lowest BCUT2D eigenvalue weighted by Gasteiger charge is -2.29. The molecule has 0 bridgehead atoms. The van der Waals surface area contributed by atoms with E-state index in [1.165, 1.54) is 0 Å². The number of amides is 2.